The number of carbonyl (C=O) groups excluding carboxylic acids is 1. The molecule has 0 aliphatic carbocycles. The van der Waals surface area contributed by atoms with Crippen molar-refractivity contribution in [2.75, 3.05) is 4.90 Å². The molecule has 1 aromatic carbocycles. The fourth-order valence-corrected chi connectivity index (χ4v) is 2.21. The third-order valence-corrected chi connectivity index (χ3v) is 3.32. The Morgan fingerprint density at radius 3 is 2.90 bits per heavy atom. The summed E-state index contributed by atoms with van der Waals surface area (Å²) in [6.07, 6.45) is 0.263. The van der Waals surface area contributed by atoms with Gasteiger partial charge in [0.05, 0.1) is 18.5 Å². The number of benzene rings is 1. The maximum Gasteiger partial charge on any atom is 0.335 e. The van der Waals surface area contributed by atoms with Crippen molar-refractivity contribution in [3.8, 4) is 0 Å². The SMILES string of the molecule is Cc1nonc1CN1C(=O)Cc2ccc(C(=O)O)cc21. The molecule has 0 saturated carbocycles. The first-order valence-electron chi connectivity index (χ1n) is 6.01. The van der Waals surface area contributed by atoms with Gasteiger partial charge >= 0.3 is 5.97 Å². The smallest absolute Gasteiger partial charge is 0.335 e. The lowest BCUT2D eigenvalue weighted by Gasteiger charge is -2.16. The number of rotatable bonds is 3. The summed E-state index contributed by atoms with van der Waals surface area (Å²) in [5.41, 5.74) is 2.75. The van der Waals surface area contributed by atoms with Gasteiger partial charge in [-0.2, -0.15) is 0 Å². The Balaban J connectivity index is 1.98. The largest absolute Gasteiger partial charge is 0.478 e. The fourth-order valence-electron chi connectivity index (χ4n) is 2.21. The Bertz CT molecular complexity index is 707. The number of carboxylic acid groups (broad SMARTS) is 1. The second-order valence-corrected chi connectivity index (χ2v) is 4.60. The normalized spacial score (nSPS) is 13.7. The van der Waals surface area contributed by atoms with Crippen molar-refractivity contribution < 1.29 is 19.3 Å². The number of aromatic carboxylic acids is 1. The first-order valence-corrected chi connectivity index (χ1v) is 6.01. The van der Waals surface area contributed by atoms with E-state index in [0.29, 0.717) is 17.1 Å². The summed E-state index contributed by atoms with van der Waals surface area (Å²) in [7, 11) is 0. The van der Waals surface area contributed by atoms with E-state index < -0.39 is 5.97 Å². The maximum atomic E-state index is 12.0. The van der Waals surface area contributed by atoms with Gasteiger partial charge in [-0.1, -0.05) is 16.4 Å². The molecular weight excluding hydrogens is 262 g/mol. The van der Waals surface area contributed by atoms with E-state index in [2.05, 4.69) is 14.9 Å². The highest BCUT2D eigenvalue weighted by Gasteiger charge is 2.29. The van der Waals surface area contributed by atoms with Gasteiger partial charge in [0.25, 0.3) is 0 Å². The maximum absolute atomic E-state index is 12.0. The Hall–Kier alpha value is -2.70. The molecule has 0 spiro atoms. The van der Waals surface area contributed by atoms with Crippen LogP contribution in [0.4, 0.5) is 5.69 Å². The molecule has 2 aromatic rings. The van der Waals surface area contributed by atoms with E-state index in [4.69, 9.17) is 5.11 Å². The summed E-state index contributed by atoms with van der Waals surface area (Å²) in [6, 6.07) is 4.68. The molecule has 0 fully saturated rings. The summed E-state index contributed by atoms with van der Waals surface area (Å²) < 4.78 is 4.61. The van der Waals surface area contributed by atoms with Crippen LogP contribution in [0, 0.1) is 6.92 Å². The van der Waals surface area contributed by atoms with Gasteiger partial charge in [0.15, 0.2) is 0 Å². The lowest BCUT2D eigenvalue weighted by molar-refractivity contribution is -0.117. The molecule has 7 nitrogen and oxygen atoms in total. The highest BCUT2D eigenvalue weighted by Crippen LogP contribution is 2.31. The van der Waals surface area contributed by atoms with Crippen molar-refractivity contribution in [2.45, 2.75) is 19.9 Å². The van der Waals surface area contributed by atoms with Crippen LogP contribution in [-0.2, 0) is 17.8 Å². The number of carboxylic acids is 1. The second-order valence-electron chi connectivity index (χ2n) is 4.60. The Kier molecular flexibility index (Phi) is 2.74. The monoisotopic (exact) mass is 273 g/mol. The minimum atomic E-state index is -1.02. The first-order chi connectivity index (χ1) is 9.56. The van der Waals surface area contributed by atoms with Crippen molar-refractivity contribution in [2.24, 2.45) is 0 Å². The van der Waals surface area contributed by atoms with Crippen LogP contribution in [0.1, 0.15) is 27.3 Å². The van der Waals surface area contributed by atoms with Crippen molar-refractivity contribution in [3.63, 3.8) is 0 Å². The third-order valence-electron chi connectivity index (χ3n) is 3.32. The molecule has 1 amide bonds. The number of nitrogens with zero attached hydrogens (tertiary/aromatic N) is 3. The van der Waals surface area contributed by atoms with Crippen molar-refractivity contribution in [1.29, 1.82) is 0 Å². The van der Waals surface area contributed by atoms with Gasteiger partial charge in [0, 0.05) is 5.69 Å². The highest BCUT2D eigenvalue weighted by atomic mass is 16.6. The number of hydrogen-bond donors (Lipinski definition) is 1. The van der Waals surface area contributed by atoms with Crippen molar-refractivity contribution in [1.82, 2.24) is 10.3 Å². The van der Waals surface area contributed by atoms with Crippen LogP contribution < -0.4 is 4.90 Å². The predicted molar refractivity (Wildman–Crippen MR) is 67.3 cm³/mol. The summed E-state index contributed by atoms with van der Waals surface area (Å²) in [5.74, 6) is -1.11. The zero-order valence-electron chi connectivity index (χ0n) is 10.7. The summed E-state index contributed by atoms with van der Waals surface area (Å²) >= 11 is 0. The van der Waals surface area contributed by atoms with Crippen LogP contribution in [-0.4, -0.2) is 27.3 Å². The molecule has 1 aliphatic heterocycles. The molecule has 0 atom stereocenters. The molecule has 20 heavy (non-hydrogen) atoms. The third kappa shape index (κ3) is 1.93. The minimum Gasteiger partial charge on any atom is -0.478 e. The summed E-state index contributed by atoms with van der Waals surface area (Å²) in [6.45, 7) is 1.96. The van der Waals surface area contributed by atoms with Crippen LogP contribution >= 0.6 is 0 Å². The quantitative estimate of drug-likeness (QED) is 0.901. The van der Waals surface area contributed by atoms with E-state index in [1.807, 2.05) is 0 Å². The van der Waals surface area contributed by atoms with Crippen LogP contribution in [0.2, 0.25) is 0 Å². The van der Waals surface area contributed by atoms with Gasteiger partial charge in [0.1, 0.15) is 11.4 Å². The standard InChI is InChI=1S/C13H11N3O4/c1-7-10(15-20-14-7)6-16-11-4-9(13(18)19)3-2-8(11)5-12(16)17/h2-4H,5-6H2,1H3,(H,18,19). The molecule has 0 radical (unpaired) electrons. The number of aromatic nitrogens is 2. The van der Waals surface area contributed by atoms with Crippen LogP contribution in [0.25, 0.3) is 0 Å². The van der Waals surface area contributed by atoms with Crippen molar-refractivity contribution in [3.05, 3.63) is 40.7 Å². The van der Waals surface area contributed by atoms with E-state index in [9.17, 15) is 9.59 Å². The van der Waals surface area contributed by atoms with E-state index in [0.717, 1.165) is 5.56 Å². The average Bonchev–Trinajstić information content (AvgIpc) is 2.94. The van der Waals surface area contributed by atoms with Gasteiger partial charge in [-0.05, 0) is 24.6 Å². The Morgan fingerprint density at radius 2 is 2.25 bits per heavy atom. The lowest BCUT2D eigenvalue weighted by Crippen LogP contribution is -2.26. The van der Waals surface area contributed by atoms with Crippen LogP contribution in [0.3, 0.4) is 0 Å². The fraction of sp³-hybridized carbons (Fsp3) is 0.231. The average molecular weight is 273 g/mol. The van der Waals surface area contributed by atoms with E-state index in [-0.39, 0.29) is 24.4 Å². The van der Waals surface area contributed by atoms with Gasteiger partial charge < -0.3 is 10.0 Å². The first kappa shape index (κ1) is 12.3. The molecule has 3 rings (SSSR count). The zero-order valence-corrected chi connectivity index (χ0v) is 10.7. The van der Waals surface area contributed by atoms with Gasteiger partial charge in [0.2, 0.25) is 5.91 Å². The Labute approximate surface area is 113 Å². The van der Waals surface area contributed by atoms with E-state index in [1.165, 1.54) is 17.0 Å². The predicted octanol–water partition coefficient (Wildman–Crippen LogP) is 1.17. The molecule has 0 saturated heterocycles. The molecule has 1 aliphatic rings. The number of hydrogen-bond acceptors (Lipinski definition) is 5. The molecule has 1 N–H and O–H groups in total. The number of anilines is 1. The molecule has 0 unspecified atom stereocenters. The highest BCUT2D eigenvalue weighted by molar-refractivity contribution is 6.02. The topological polar surface area (TPSA) is 96.5 Å². The van der Waals surface area contributed by atoms with Crippen LogP contribution in [0.5, 0.6) is 0 Å². The molecule has 102 valence electrons. The summed E-state index contributed by atoms with van der Waals surface area (Å²) in [4.78, 5) is 24.6. The van der Waals surface area contributed by atoms with E-state index >= 15 is 0 Å². The molecule has 7 heteroatoms. The molecule has 0 bridgehead atoms. The zero-order chi connectivity index (χ0) is 14.3. The molecular formula is C13H11N3O4. The number of aryl methyl sites for hydroxylation is 1. The van der Waals surface area contributed by atoms with Gasteiger partial charge in [-0.25, -0.2) is 9.42 Å². The van der Waals surface area contributed by atoms with Crippen molar-refractivity contribution >= 4 is 17.6 Å². The molecule has 2 heterocycles. The van der Waals surface area contributed by atoms with Gasteiger partial charge in [-0.3, -0.25) is 4.79 Å². The number of carbonyl (C=O) groups is 2. The minimum absolute atomic E-state index is 0.0926. The van der Waals surface area contributed by atoms with E-state index in [1.54, 1.807) is 13.0 Å². The number of amides is 1. The van der Waals surface area contributed by atoms with Gasteiger partial charge in [-0.15, -0.1) is 0 Å². The lowest BCUT2D eigenvalue weighted by atomic mass is 10.1. The summed E-state index contributed by atoms with van der Waals surface area (Å²) in [5, 5.41) is 16.4. The van der Waals surface area contributed by atoms with Crippen LogP contribution in [0.15, 0.2) is 22.8 Å². The molecule has 1 aromatic heterocycles. The Morgan fingerprint density at radius 1 is 1.45 bits per heavy atom. The second kappa shape index (κ2) is 4.44. The number of fused-ring (bicyclic) bond motifs is 1.